The fraction of sp³-hybridized carbons (Fsp3) is 0.324. The van der Waals surface area contributed by atoms with Gasteiger partial charge in [0.25, 0.3) is 5.03 Å². The summed E-state index contributed by atoms with van der Waals surface area (Å²) < 4.78 is 55.3. The van der Waals surface area contributed by atoms with E-state index in [1.807, 2.05) is 37.4 Å². The Hall–Kier alpha value is -3.41. The van der Waals surface area contributed by atoms with Crippen molar-refractivity contribution in [3.8, 4) is 11.5 Å². The molecule has 0 amide bonds. The molecule has 2 saturated heterocycles. The van der Waals surface area contributed by atoms with E-state index in [0.29, 0.717) is 0 Å². The Morgan fingerprint density at radius 3 is 1.64 bits per heavy atom. The Kier molecular flexibility index (Phi) is 11.3. The van der Waals surface area contributed by atoms with Gasteiger partial charge in [-0.05, 0) is 49.4 Å². The number of nitrogens with zero attached hydrogens (tertiary/aromatic N) is 1. The normalized spacial score (nSPS) is 16.2. The van der Waals surface area contributed by atoms with Gasteiger partial charge < -0.3 is 23.5 Å². The Morgan fingerprint density at radius 2 is 1.18 bits per heavy atom. The lowest BCUT2D eigenvalue weighted by atomic mass is 10.1. The van der Waals surface area contributed by atoms with Crippen molar-refractivity contribution >= 4 is 21.0 Å². The summed E-state index contributed by atoms with van der Waals surface area (Å²) in [7, 11) is -4.74. The van der Waals surface area contributed by atoms with Crippen molar-refractivity contribution in [2.45, 2.75) is 64.5 Å². The second-order valence-electron chi connectivity index (χ2n) is 10.5. The lowest BCUT2D eigenvalue weighted by molar-refractivity contribution is 0.0244. The molecule has 8 nitrogen and oxygen atoms in total. The van der Waals surface area contributed by atoms with Crippen LogP contribution in [0.5, 0.6) is 11.5 Å². The molecule has 3 heterocycles. The molecule has 1 aromatic heterocycles. The van der Waals surface area contributed by atoms with Gasteiger partial charge >= 0.3 is 0 Å². The third kappa shape index (κ3) is 8.83. The van der Waals surface area contributed by atoms with Crippen LogP contribution in [0.3, 0.4) is 0 Å². The molecule has 0 atom stereocenters. The molecule has 0 aliphatic carbocycles. The van der Waals surface area contributed by atoms with Crippen LogP contribution in [-0.4, -0.2) is 56.6 Å². The van der Waals surface area contributed by atoms with E-state index < -0.39 is 21.0 Å². The molecule has 0 unspecified atom stereocenters. The van der Waals surface area contributed by atoms with Crippen molar-refractivity contribution in [1.29, 1.82) is 0 Å². The van der Waals surface area contributed by atoms with Crippen LogP contribution < -0.4 is 9.47 Å². The molecule has 0 bridgehead atoms. The van der Waals surface area contributed by atoms with E-state index in [1.54, 1.807) is 12.1 Å². The number of hydrogen-bond donors (Lipinski definition) is 0. The number of para-hydroxylation sites is 2. The largest absolute Gasteiger partial charge is 0.744 e. The van der Waals surface area contributed by atoms with Crippen molar-refractivity contribution in [3.63, 3.8) is 0 Å². The molecule has 6 rings (SSSR count). The zero-order chi connectivity index (χ0) is 30.8. The summed E-state index contributed by atoms with van der Waals surface area (Å²) >= 11 is 0. The first-order valence-electron chi connectivity index (χ1n) is 14.7. The number of benzene rings is 3. The lowest BCUT2D eigenvalue weighted by Gasteiger charge is -2.25. The van der Waals surface area contributed by atoms with E-state index in [4.69, 9.17) is 23.9 Å². The first-order valence-corrected chi connectivity index (χ1v) is 17.4. The van der Waals surface area contributed by atoms with E-state index in [1.165, 1.54) is 12.1 Å². The molecule has 3 aromatic carbocycles. The molecule has 0 spiro atoms. The monoisotopic (exact) mass is 635 g/mol. The van der Waals surface area contributed by atoms with Crippen molar-refractivity contribution in [2.75, 3.05) is 26.4 Å². The molecule has 10 heteroatoms. The van der Waals surface area contributed by atoms with E-state index in [9.17, 15) is 13.0 Å². The minimum Gasteiger partial charge on any atom is -0.744 e. The summed E-state index contributed by atoms with van der Waals surface area (Å²) in [6, 6.07) is 28.6. The predicted molar refractivity (Wildman–Crippen MR) is 167 cm³/mol. The maximum Gasteiger partial charge on any atom is 0.258 e. The Labute approximate surface area is 262 Å². The Morgan fingerprint density at radius 1 is 0.705 bits per heavy atom. The molecule has 0 N–H and O–H groups in total. The molecule has 0 saturated carbocycles. The van der Waals surface area contributed by atoms with Gasteiger partial charge in [0.2, 0.25) is 9.79 Å². The van der Waals surface area contributed by atoms with Crippen molar-refractivity contribution in [2.24, 2.45) is 0 Å². The highest BCUT2D eigenvalue weighted by atomic mass is 32.2. The van der Waals surface area contributed by atoms with Crippen LogP contribution in [0.25, 0.3) is 0 Å². The van der Waals surface area contributed by atoms with Gasteiger partial charge in [0, 0.05) is 37.9 Å². The number of ether oxygens (including phenoxy) is 4. The lowest BCUT2D eigenvalue weighted by Crippen LogP contribution is -2.27. The van der Waals surface area contributed by atoms with Gasteiger partial charge in [0.05, 0.1) is 31.3 Å². The second kappa shape index (κ2) is 15.5. The summed E-state index contributed by atoms with van der Waals surface area (Å²) in [5.74, 6) is 1.83. The van der Waals surface area contributed by atoms with Crippen LogP contribution in [0.15, 0.2) is 117 Å². The molecule has 2 fully saturated rings. The predicted octanol–water partition coefficient (Wildman–Crippen LogP) is 6.19. The van der Waals surface area contributed by atoms with Gasteiger partial charge in [0.1, 0.15) is 33.2 Å². The average Bonchev–Trinajstić information content (AvgIpc) is 3.04. The number of pyridine rings is 1. The smallest absolute Gasteiger partial charge is 0.258 e. The molecule has 2 aliphatic rings. The maximum absolute atomic E-state index is 10.4. The van der Waals surface area contributed by atoms with Crippen molar-refractivity contribution in [1.82, 2.24) is 4.98 Å². The highest BCUT2D eigenvalue weighted by Gasteiger charge is 2.37. The van der Waals surface area contributed by atoms with Gasteiger partial charge in [-0.15, -0.1) is 0 Å². The molecule has 0 radical (unpaired) electrons. The minimum atomic E-state index is -4.27. The minimum absolute atomic E-state index is 0.169. The summed E-state index contributed by atoms with van der Waals surface area (Å²) in [5, 5.41) is 1.00. The quantitative estimate of drug-likeness (QED) is 0.167. The van der Waals surface area contributed by atoms with E-state index in [0.717, 1.165) is 84.0 Å². The summed E-state index contributed by atoms with van der Waals surface area (Å²) in [6.45, 7) is 4.82. The number of hydrogen-bond acceptors (Lipinski definition) is 8. The molecule has 44 heavy (non-hydrogen) atoms. The van der Waals surface area contributed by atoms with E-state index in [2.05, 4.69) is 42.5 Å². The summed E-state index contributed by atoms with van der Waals surface area (Å²) in [5.41, 5.74) is 0.928. The van der Waals surface area contributed by atoms with Gasteiger partial charge in [-0.3, -0.25) is 0 Å². The highest BCUT2D eigenvalue weighted by Crippen LogP contribution is 2.41. The molecule has 232 valence electrons. The summed E-state index contributed by atoms with van der Waals surface area (Å²) in [6.07, 6.45) is 5.85. The van der Waals surface area contributed by atoms with Crippen molar-refractivity contribution < 1.29 is 31.9 Å². The third-order valence-corrected chi connectivity index (χ3v) is 10.3. The second-order valence-corrected chi connectivity index (χ2v) is 13.8. The van der Waals surface area contributed by atoms with Gasteiger partial charge in [-0.2, -0.15) is 0 Å². The Balaban J connectivity index is 0.000000296. The first kappa shape index (κ1) is 32.0. The van der Waals surface area contributed by atoms with Crippen LogP contribution >= 0.6 is 0 Å². The third-order valence-electron chi connectivity index (χ3n) is 7.22. The van der Waals surface area contributed by atoms with E-state index in [-0.39, 0.29) is 17.1 Å². The maximum atomic E-state index is 10.4. The fourth-order valence-electron chi connectivity index (χ4n) is 4.90. The van der Waals surface area contributed by atoms with Gasteiger partial charge in [0.15, 0.2) is 11.5 Å². The van der Waals surface area contributed by atoms with Gasteiger partial charge in [-0.25, -0.2) is 13.4 Å². The standard InChI is InChI=1S/C27H30NO4S.C7H8O3S/c1-3-9-25(23(7-1)31-21-12-17-29-18-13-21)33(27-11-5-6-16-28-27)26-10-4-2-8-24(26)32-22-14-19-30-20-15-22;1-6-2-4-7(5-3-6)11(8,9)10/h1-11,16,21-22H,12-15,17-20H2;2-5H,1H3,(H,8,9,10)/q+1;/p-1. The number of aryl methyl sites for hydroxylation is 1. The van der Waals surface area contributed by atoms with Crippen LogP contribution in [-0.2, 0) is 30.5 Å². The van der Waals surface area contributed by atoms with Gasteiger partial charge in [-0.1, -0.05) is 48.0 Å². The highest BCUT2D eigenvalue weighted by molar-refractivity contribution is 7.97. The SMILES string of the molecule is Cc1ccc(S(=O)(=O)[O-])cc1.c1ccc([S+](c2ccccc2OC2CCOCC2)c2ccccc2OC2CCOCC2)nc1. The Bertz CT molecular complexity index is 1510. The zero-order valence-electron chi connectivity index (χ0n) is 24.7. The molecule has 2 aliphatic heterocycles. The summed E-state index contributed by atoms with van der Waals surface area (Å²) in [4.78, 5) is 6.85. The number of aromatic nitrogens is 1. The van der Waals surface area contributed by atoms with Crippen molar-refractivity contribution in [3.05, 3.63) is 103 Å². The van der Waals surface area contributed by atoms with Crippen LogP contribution in [0.2, 0.25) is 0 Å². The average molecular weight is 636 g/mol. The molecular weight excluding hydrogens is 599 g/mol. The van der Waals surface area contributed by atoms with E-state index >= 15 is 0 Å². The van der Waals surface area contributed by atoms with Crippen LogP contribution in [0, 0.1) is 6.92 Å². The zero-order valence-corrected chi connectivity index (χ0v) is 26.3. The topological polar surface area (TPSA) is 107 Å². The molecule has 4 aromatic rings. The number of rotatable bonds is 8. The fourth-order valence-corrected chi connectivity index (χ4v) is 7.50. The van der Waals surface area contributed by atoms with Crippen LogP contribution in [0.1, 0.15) is 31.2 Å². The molecular formula is C34H37NO7S2. The first-order chi connectivity index (χ1) is 21.4. The van der Waals surface area contributed by atoms with Crippen LogP contribution in [0.4, 0.5) is 0 Å².